The summed E-state index contributed by atoms with van der Waals surface area (Å²) in [4.78, 5) is 4.32. The van der Waals surface area contributed by atoms with Crippen LogP contribution in [0, 0.1) is 11.8 Å². The summed E-state index contributed by atoms with van der Waals surface area (Å²) >= 11 is 0. The maximum absolute atomic E-state index is 4.32. The Morgan fingerprint density at radius 3 is 2.80 bits per heavy atom. The van der Waals surface area contributed by atoms with Gasteiger partial charge in [0.25, 0.3) is 0 Å². The number of hydrogen-bond donors (Lipinski definition) is 1. The highest BCUT2D eigenvalue weighted by atomic mass is 15.2. The number of aryl methyl sites for hydroxylation is 1. The van der Waals surface area contributed by atoms with Crippen molar-refractivity contribution < 1.29 is 0 Å². The molecule has 1 fully saturated rings. The van der Waals surface area contributed by atoms with Gasteiger partial charge in [0.05, 0.1) is 0 Å². The van der Waals surface area contributed by atoms with Crippen molar-refractivity contribution in [1.82, 2.24) is 9.55 Å². The van der Waals surface area contributed by atoms with Gasteiger partial charge in [-0.05, 0) is 31.1 Å². The second-order valence-electron chi connectivity index (χ2n) is 5.01. The first-order valence-corrected chi connectivity index (χ1v) is 5.90. The fourth-order valence-corrected chi connectivity index (χ4v) is 2.55. The van der Waals surface area contributed by atoms with Crippen LogP contribution in [0.4, 0.5) is 5.95 Å². The van der Waals surface area contributed by atoms with E-state index in [2.05, 4.69) is 24.1 Å². The topological polar surface area (TPSA) is 29.9 Å². The average Bonchev–Trinajstić information content (AvgIpc) is 2.57. The minimum absolute atomic E-state index is 0.599. The molecular formula is C12H21N3. The molecule has 3 heteroatoms. The molecule has 0 saturated heterocycles. The highest BCUT2D eigenvalue weighted by molar-refractivity contribution is 5.27. The fourth-order valence-electron chi connectivity index (χ4n) is 2.55. The number of anilines is 1. The first-order chi connectivity index (χ1) is 7.16. The van der Waals surface area contributed by atoms with E-state index in [-0.39, 0.29) is 0 Å². The van der Waals surface area contributed by atoms with E-state index < -0.39 is 0 Å². The van der Waals surface area contributed by atoms with Crippen molar-refractivity contribution in [3.8, 4) is 0 Å². The van der Waals surface area contributed by atoms with Gasteiger partial charge >= 0.3 is 0 Å². The monoisotopic (exact) mass is 207 g/mol. The quantitative estimate of drug-likeness (QED) is 0.808. The van der Waals surface area contributed by atoms with Crippen LogP contribution in [0.3, 0.4) is 0 Å². The summed E-state index contributed by atoms with van der Waals surface area (Å²) in [5.41, 5.74) is 0. The average molecular weight is 207 g/mol. The smallest absolute Gasteiger partial charge is 0.202 e. The van der Waals surface area contributed by atoms with Crippen LogP contribution in [0.5, 0.6) is 0 Å². The Kier molecular flexibility index (Phi) is 2.98. The number of hydrogen-bond acceptors (Lipinski definition) is 2. The van der Waals surface area contributed by atoms with E-state index in [1.807, 2.05) is 24.0 Å². The van der Waals surface area contributed by atoms with E-state index in [9.17, 15) is 0 Å². The molecule has 15 heavy (non-hydrogen) atoms. The van der Waals surface area contributed by atoms with Gasteiger partial charge in [-0.3, -0.25) is 0 Å². The van der Waals surface area contributed by atoms with Crippen LogP contribution in [0.1, 0.15) is 33.1 Å². The lowest BCUT2D eigenvalue weighted by Crippen LogP contribution is -2.33. The predicted molar refractivity (Wildman–Crippen MR) is 62.8 cm³/mol. The molecule has 0 aliphatic heterocycles. The van der Waals surface area contributed by atoms with Gasteiger partial charge in [-0.15, -0.1) is 0 Å². The number of aromatic nitrogens is 2. The van der Waals surface area contributed by atoms with Gasteiger partial charge in [0.1, 0.15) is 0 Å². The molecule has 1 heterocycles. The lowest BCUT2D eigenvalue weighted by atomic mass is 9.80. The molecule has 0 bridgehead atoms. The molecule has 3 unspecified atom stereocenters. The summed E-state index contributed by atoms with van der Waals surface area (Å²) in [6, 6.07) is 0.599. The molecule has 3 nitrogen and oxygen atoms in total. The van der Waals surface area contributed by atoms with Crippen molar-refractivity contribution in [2.24, 2.45) is 18.9 Å². The van der Waals surface area contributed by atoms with Crippen molar-refractivity contribution in [3.05, 3.63) is 12.4 Å². The second-order valence-corrected chi connectivity index (χ2v) is 5.01. The zero-order chi connectivity index (χ0) is 10.8. The fraction of sp³-hybridized carbons (Fsp3) is 0.750. The third-order valence-electron chi connectivity index (χ3n) is 3.57. The Labute approximate surface area is 91.9 Å². The highest BCUT2D eigenvalue weighted by Crippen LogP contribution is 2.30. The van der Waals surface area contributed by atoms with Crippen LogP contribution in [0.15, 0.2) is 12.4 Å². The SMILES string of the molecule is CC1CCC(Nc2nccn2C)C(C)C1. The molecule has 0 aromatic carbocycles. The predicted octanol–water partition coefficient (Wildman–Crippen LogP) is 2.66. The summed E-state index contributed by atoms with van der Waals surface area (Å²) in [6.45, 7) is 4.70. The number of imidazole rings is 1. The zero-order valence-corrected chi connectivity index (χ0v) is 9.90. The highest BCUT2D eigenvalue weighted by Gasteiger charge is 2.25. The van der Waals surface area contributed by atoms with E-state index in [0.29, 0.717) is 6.04 Å². The molecule has 2 rings (SSSR count). The van der Waals surface area contributed by atoms with Crippen molar-refractivity contribution in [2.45, 2.75) is 39.2 Å². The molecule has 0 radical (unpaired) electrons. The van der Waals surface area contributed by atoms with Gasteiger partial charge in [-0.2, -0.15) is 0 Å². The van der Waals surface area contributed by atoms with Crippen molar-refractivity contribution >= 4 is 5.95 Å². The number of nitrogens with zero attached hydrogens (tertiary/aromatic N) is 2. The molecule has 1 saturated carbocycles. The third kappa shape index (κ3) is 2.33. The largest absolute Gasteiger partial charge is 0.353 e. The summed E-state index contributed by atoms with van der Waals surface area (Å²) in [6.07, 6.45) is 7.78. The van der Waals surface area contributed by atoms with E-state index >= 15 is 0 Å². The first kappa shape index (κ1) is 10.5. The van der Waals surface area contributed by atoms with Crippen molar-refractivity contribution in [1.29, 1.82) is 0 Å². The third-order valence-corrected chi connectivity index (χ3v) is 3.57. The van der Waals surface area contributed by atoms with Gasteiger partial charge in [0.15, 0.2) is 0 Å². The molecule has 3 atom stereocenters. The summed E-state index contributed by atoms with van der Waals surface area (Å²) in [5, 5.41) is 3.55. The van der Waals surface area contributed by atoms with E-state index in [0.717, 1.165) is 17.8 Å². The maximum Gasteiger partial charge on any atom is 0.202 e. The van der Waals surface area contributed by atoms with E-state index in [1.54, 1.807) is 0 Å². The minimum Gasteiger partial charge on any atom is -0.353 e. The second kappa shape index (κ2) is 4.25. The standard InChI is InChI=1S/C12H21N3/c1-9-4-5-11(10(2)8-9)14-12-13-6-7-15(12)3/h6-7,9-11H,4-5,8H2,1-3H3,(H,13,14). The molecule has 0 spiro atoms. The molecular weight excluding hydrogens is 186 g/mol. The van der Waals surface area contributed by atoms with Crippen LogP contribution >= 0.6 is 0 Å². The first-order valence-electron chi connectivity index (χ1n) is 5.90. The minimum atomic E-state index is 0.599. The van der Waals surface area contributed by atoms with Crippen LogP contribution in [-0.4, -0.2) is 15.6 Å². The van der Waals surface area contributed by atoms with E-state index in [4.69, 9.17) is 0 Å². The molecule has 1 aromatic heterocycles. The van der Waals surface area contributed by atoms with Crippen LogP contribution in [0.2, 0.25) is 0 Å². The van der Waals surface area contributed by atoms with Gasteiger partial charge in [-0.1, -0.05) is 13.8 Å². The van der Waals surface area contributed by atoms with Crippen LogP contribution in [0.25, 0.3) is 0 Å². The van der Waals surface area contributed by atoms with Crippen LogP contribution < -0.4 is 5.32 Å². The Bertz CT molecular complexity index is 318. The molecule has 1 aromatic rings. The summed E-state index contributed by atoms with van der Waals surface area (Å²) < 4.78 is 2.05. The Balaban J connectivity index is 1.98. The number of rotatable bonds is 2. The Morgan fingerprint density at radius 1 is 1.40 bits per heavy atom. The molecule has 1 N–H and O–H groups in total. The maximum atomic E-state index is 4.32. The van der Waals surface area contributed by atoms with Crippen LogP contribution in [-0.2, 0) is 7.05 Å². The van der Waals surface area contributed by atoms with Gasteiger partial charge in [-0.25, -0.2) is 4.98 Å². The molecule has 1 aliphatic carbocycles. The Hall–Kier alpha value is -0.990. The molecule has 0 amide bonds. The van der Waals surface area contributed by atoms with Crippen molar-refractivity contribution in [2.75, 3.05) is 5.32 Å². The lowest BCUT2D eigenvalue weighted by Gasteiger charge is -2.33. The van der Waals surface area contributed by atoms with Gasteiger partial charge in [0.2, 0.25) is 5.95 Å². The van der Waals surface area contributed by atoms with Gasteiger partial charge in [0, 0.05) is 25.5 Å². The molecule has 1 aliphatic rings. The summed E-state index contributed by atoms with van der Waals surface area (Å²) in [5.74, 6) is 2.64. The van der Waals surface area contributed by atoms with Gasteiger partial charge < -0.3 is 9.88 Å². The van der Waals surface area contributed by atoms with Crippen molar-refractivity contribution in [3.63, 3.8) is 0 Å². The lowest BCUT2D eigenvalue weighted by molar-refractivity contribution is 0.275. The Morgan fingerprint density at radius 2 is 2.20 bits per heavy atom. The normalized spacial score (nSPS) is 31.5. The van der Waals surface area contributed by atoms with E-state index in [1.165, 1.54) is 19.3 Å². The summed E-state index contributed by atoms with van der Waals surface area (Å²) in [7, 11) is 2.03. The zero-order valence-electron chi connectivity index (χ0n) is 9.90. The molecule has 84 valence electrons. The number of nitrogens with one attached hydrogen (secondary N) is 1.